The van der Waals surface area contributed by atoms with E-state index in [1.165, 1.54) is 12.0 Å². The van der Waals surface area contributed by atoms with Gasteiger partial charge in [0.05, 0.1) is 30.9 Å². The summed E-state index contributed by atoms with van der Waals surface area (Å²) < 4.78 is 16.6. The van der Waals surface area contributed by atoms with Crippen molar-refractivity contribution in [3.8, 4) is 11.5 Å². The minimum atomic E-state index is -0.764. The van der Waals surface area contributed by atoms with Crippen LogP contribution in [0.15, 0.2) is 54.1 Å². The van der Waals surface area contributed by atoms with Gasteiger partial charge >= 0.3 is 0 Å². The Balaban J connectivity index is 2.11. The molecule has 2 aromatic carbocycles. The van der Waals surface area contributed by atoms with Crippen molar-refractivity contribution in [2.24, 2.45) is 0 Å². The van der Waals surface area contributed by atoms with E-state index < -0.39 is 17.7 Å². The lowest BCUT2D eigenvalue weighted by Crippen LogP contribution is -2.32. The molecule has 0 bridgehead atoms. The molecule has 3 rings (SSSR count). The third kappa shape index (κ3) is 5.54. The van der Waals surface area contributed by atoms with Crippen LogP contribution in [-0.4, -0.2) is 54.7 Å². The van der Waals surface area contributed by atoms with E-state index in [4.69, 9.17) is 14.2 Å². The predicted molar refractivity (Wildman–Crippen MR) is 125 cm³/mol. The molecular formula is C26H31NO6. The van der Waals surface area contributed by atoms with Crippen LogP contribution in [0, 0.1) is 0 Å². The van der Waals surface area contributed by atoms with Gasteiger partial charge in [0.1, 0.15) is 17.3 Å². The van der Waals surface area contributed by atoms with Crippen LogP contribution in [0.2, 0.25) is 0 Å². The Morgan fingerprint density at radius 2 is 1.79 bits per heavy atom. The Morgan fingerprint density at radius 3 is 2.48 bits per heavy atom. The SMILES string of the molecule is CCCOc1cccc(C2/C(=C(/O)c3cccc(OC(C)C)c3)C(=O)C(=O)N2CCOC)c1. The number of nitrogens with zero attached hydrogens (tertiary/aromatic N) is 1. The third-order valence-electron chi connectivity index (χ3n) is 5.20. The standard InChI is InChI=1S/C26H31NO6/c1-5-13-32-20-10-6-8-18(15-20)23-22(25(29)26(30)27(23)12-14-31-4)24(28)19-9-7-11-21(16-19)33-17(2)3/h6-11,15-17,23,28H,5,12-14H2,1-4H3/b24-22-. The minimum Gasteiger partial charge on any atom is -0.507 e. The summed E-state index contributed by atoms with van der Waals surface area (Å²) in [6, 6.07) is 13.4. The maximum absolute atomic E-state index is 13.1. The fraction of sp³-hybridized carbons (Fsp3) is 0.385. The van der Waals surface area contributed by atoms with Crippen LogP contribution >= 0.6 is 0 Å². The van der Waals surface area contributed by atoms with E-state index >= 15 is 0 Å². The number of amides is 1. The van der Waals surface area contributed by atoms with Gasteiger partial charge in [-0.25, -0.2) is 0 Å². The Bertz CT molecular complexity index is 1030. The highest BCUT2D eigenvalue weighted by molar-refractivity contribution is 6.46. The number of rotatable bonds is 10. The van der Waals surface area contributed by atoms with Gasteiger partial charge in [0.15, 0.2) is 0 Å². The molecule has 1 N–H and O–H groups in total. The lowest BCUT2D eigenvalue weighted by molar-refractivity contribution is -0.140. The topological polar surface area (TPSA) is 85.3 Å². The van der Waals surface area contributed by atoms with E-state index in [1.54, 1.807) is 30.3 Å². The van der Waals surface area contributed by atoms with Gasteiger partial charge in [-0.15, -0.1) is 0 Å². The first-order valence-electron chi connectivity index (χ1n) is 11.1. The van der Waals surface area contributed by atoms with Gasteiger partial charge in [-0.1, -0.05) is 31.2 Å². The highest BCUT2D eigenvalue weighted by Crippen LogP contribution is 2.40. The van der Waals surface area contributed by atoms with Crippen LogP contribution in [0.1, 0.15) is 44.4 Å². The lowest BCUT2D eigenvalue weighted by Gasteiger charge is -2.25. The van der Waals surface area contributed by atoms with Gasteiger partial charge in [0.2, 0.25) is 0 Å². The number of carbonyl (C=O) groups is 2. The summed E-state index contributed by atoms with van der Waals surface area (Å²) in [6.07, 6.45) is 0.804. The summed E-state index contributed by atoms with van der Waals surface area (Å²) in [5.41, 5.74) is 1.11. The van der Waals surface area contributed by atoms with Crippen molar-refractivity contribution < 1.29 is 28.9 Å². The molecule has 1 aliphatic heterocycles. The molecule has 1 amide bonds. The van der Waals surface area contributed by atoms with Crippen LogP contribution in [0.4, 0.5) is 0 Å². The molecule has 0 spiro atoms. The molecule has 0 radical (unpaired) electrons. The van der Waals surface area contributed by atoms with Gasteiger partial charge in [-0.3, -0.25) is 9.59 Å². The Hall–Kier alpha value is -3.32. The number of benzene rings is 2. The molecule has 7 heteroatoms. The van der Waals surface area contributed by atoms with E-state index in [1.807, 2.05) is 39.0 Å². The summed E-state index contributed by atoms with van der Waals surface area (Å²) in [5.74, 6) is -0.447. The number of aliphatic hydroxyl groups is 1. The molecule has 0 saturated carbocycles. The third-order valence-corrected chi connectivity index (χ3v) is 5.20. The molecule has 0 aromatic heterocycles. The second-order valence-electron chi connectivity index (χ2n) is 8.10. The van der Waals surface area contributed by atoms with E-state index in [0.717, 1.165) is 6.42 Å². The molecule has 176 valence electrons. The number of hydrogen-bond acceptors (Lipinski definition) is 6. The van der Waals surface area contributed by atoms with Crippen LogP contribution in [0.3, 0.4) is 0 Å². The van der Waals surface area contributed by atoms with Crippen molar-refractivity contribution in [2.45, 2.75) is 39.3 Å². The minimum absolute atomic E-state index is 0.0328. The fourth-order valence-corrected chi connectivity index (χ4v) is 3.79. The van der Waals surface area contributed by atoms with E-state index in [9.17, 15) is 14.7 Å². The normalized spacial score (nSPS) is 17.6. The largest absolute Gasteiger partial charge is 0.507 e. The summed E-state index contributed by atoms with van der Waals surface area (Å²) in [4.78, 5) is 27.5. The number of likely N-dealkylation sites (tertiary alicyclic amines) is 1. The Labute approximate surface area is 194 Å². The van der Waals surface area contributed by atoms with E-state index in [0.29, 0.717) is 29.2 Å². The molecule has 33 heavy (non-hydrogen) atoms. The first-order valence-corrected chi connectivity index (χ1v) is 11.1. The molecule has 7 nitrogen and oxygen atoms in total. The number of hydrogen-bond donors (Lipinski definition) is 1. The lowest BCUT2D eigenvalue weighted by atomic mass is 9.95. The van der Waals surface area contributed by atoms with Crippen LogP contribution in [0.25, 0.3) is 5.76 Å². The average molecular weight is 454 g/mol. The average Bonchev–Trinajstić information content (AvgIpc) is 3.05. The second kappa shape index (κ2) is 11.0. The zero-order valence-electron chi connectivity index (χ0n) is 19.5. The number of methoxy groups -OCH3 is 1. The Kier molecular flexibility index (Phi) is 8.11. The van der Waals surface area contributed by atoms with Crippen molar-refractivity contribution in [3.63, 3.8) is 0 Å². The van der Waals surface area contributed by atoms with Gasteiger partial charge in [-0.05, 0) is 50.1 Å². The first-order chi connectivity index (χ1) is 15.9. The number of Topliss-reactive ketones (excluding diaryl/α,β-unsaturated/α-hetero) is 1. The maximum Gasteiger partial charge on any atom is 0.295 e. The van der Waals surface area contributed by atoms with Gasteiger partial charge in [0, 0.05) is 19.2 Å². The maximum atomic E-state index is 13.1. The molecular weight excluding hydrogens is 422 g/mol. The van der Waals surface area contributed by atoms with Crippen molar-refractivity contribution >= 4 is 17.4 Å². The number of aliphatic hydroxyl groups excluding tert-OH is 1. The van der Waals surface area contributed by atoms with E-state index in [2.05, 4.69) is 0 Å². The zero-order chi connectivity index (χ0) is 24.0. The first kappa shape index (κ1) is 24.3. The summed E-state index contributed by atoms with van der Waals surface area (Å²) in [5, 5.41) is 11.2. The second-order valence-corrected chi connectivity index (χ2v) is 8.10. The van der Waals surface area contributed by atoms with Crippen LogP contribution in [0.5, 0.6) is 11.5 Å². The molecule has 1 aliphatic rings. The highest BCUT2D eigenvalue weighted by Gasteiger charge is 2.46. The summed E-state index contributed by atoms with van der Waals surface area (Å²) >= 11 is 0. The molecule has 1 fully saturated rings. The number of carbonyl (C=O) groups excluding carboxylic acids is 2. The Morgan fingerprint density at radius 1 is 1.06 bits per heavy atom. The van der Waals surface area contributed by atoms with E-state index in [-0.39, 0.29) is 30.6 Å². The monoisotopic (exact) mass is 453 g/mol. The van der Waals surface area contributed by atoms with Crippen LogP contribution in [-0.2, 0) is 14.3 Å². The molecule has 1 heterocycles. The zero-order valence-corrected chi connectivity index (χ0v) is 19.5. The fourth-order valence-electron chi connectivity index (χ4n) is 3.79. The van der Waals surface area contributed by atoms with Crippen molar-refractivity contribution in [1.29, 1.82) is 0 Å². The molecule has 1 atom stereocenters. The number of ketones is 1. The van der Waals surface area contributed by atoms with Gasteiger partial charge in [-0.2, -0.15) is 0 Å². The number of ether oxygens (including phenoxy) is 3. The quantitative estimate of drug-likeness (QED) is 0.327. The van der Waals surface area contributed by atoms with Crippen molar-refractivity contribution in [3.05, 3.63) is 65.2 Å². The highest BCUT2D eigenvalue weighted by atomic mass is 16.5. The smallest absolute Gasteiger partial charge is 0.295 e. The molecule has 0 aliphatic carbocycles. The van der Waals surface area contributed by atoms with Gasteiger partial charge < -0.3 is 24.2 Å². The molecule has 1 saturated heterocycles. The summed E-state index contributed by atoms with van der Waals surface area (Å²) in [6.45, 7) is 6.84. The summed E-state index contributed by atoms with van der Waals surface area (Å²) in [7, 11) is 1.53. The predicted octanol–water partition coefficient (Wildman–Crippen LogP) is 4.33. The van der Waals surface area contributed by atoms with Crippen molar-refractivity contribution in [1.82, 2.24) is 4.90 Å². The van der Waals surface area contributed by atoms with Crippen LogP contribution < -0.4 is 9.47 Å². The molecule has 1 unspecified atom stereocenters. The van der Waals surface area contributed by atoms with Gasteiger partial charge in [0.25, 0.3) is 11.7 Å². The molecule has 2 aromatic rings. The van der Waals surface area contributed by atoms with Crippen molar-refractivity contribution in [2.75, 3.05) is 26.9 Å².